The molecule has 0 unspecified atom stereocenters. The van der Waals surface area contributed by atoms with Crippen LogP contribution in [0, 0.1) is 19.8 Å². The van der Waals surface area contributed by atoms with Crippen LogP contribution in [0.2, 0.25) is 0 Å². The fourth-order valence-electron chi connectivity index (χ4n) is 3.04. The Morgan fingerprint density at radius 1 is 1.12 bits per heavy atom. The van der Waals surface area contributed by atoms with E-state index in [1.165, 1.54) is 9.13 Å². The second kappa shape index (κ2) is 6.02. The molecule has 0 saturated heterocycles. The Bertz CT molecular complexity index is 1060. The number of aryl methyl sites for hydroxylation is 4. The maximum Gasteiger partial charge on any atom is 0.332 e. The minimum atomic E-state index is -0.337. The zero-order valence-electron chi connectivity index (χ0n) is 15.6. The van der Waals surface area contributed by atoms with Crippen LogP contribution >= 0.6 is 0 Å². The van der Waals surface area contributed by atoms with Gasteiger partial charge in [-0.05, 0) is 32.3 Å². The lowest BCUT2D eigenvalue weighted by atomic mass is 10.1. The van der Waals surface area contributed by atoms with E-state index in [1.54, 1.807) is 23.3 Å². The summed E-state index contributed by atoms with van der Waals surface area (Å²) in [6, 6.07) is 1.94. The van der Waals surface area contributed by atoms with Crippen molar-refractivity contribution < 1.29 is 0 Å². The summed E-state index contributed by atoms with van der Waals surface area (Å²) in [5.74, 6) is 0.929. The lowest BCUT2D eigenvalue weighted by Gasteiger charge is -2.10. The summed E-state index contributed by atoms with van der Waals surface area (Å²) >= 11 is 0. The van der Waals surface area contributed by atoms with Gasteiger partial charge in [0.25, 0.3) is 5.56 Å². The highest BCUT2D eigenvalue weighted by Crippen LogP contribution is 2.15. The average molecular weight is 344 g/mol. The zero-order chi connectivity index (χ0) is 18.5. The molecule has 25 heavy (non-hydrogen) atoms. The van der Waals surface area contributed by atoms with Gasteiger partial charge in [0.1, 0.15) is 0 Å². The predicted molar refractivity (Wildman–Crippen MR) is 96.3 cm³/mol. The molecule has 0 aliphatic carbocycles. The average Bonchev–Trinajstić information content (AvgIpc) is 3.04. The van der Waals surface area contributed by atoms with Crippen molar-refractivity contribution in [1.82, 2.24) is 28.5 Å². The van der Waals surface area contributed by atoms with Gasteiger partial charge in [0.2, 0.25) is 5.95 Å². The molecule has 3 heterocycles. The smallest absolute Gasteiger partial charge is 0.306 e. The van der Waals surface area contributed by atoms with Crippen LogP contribution in [0.15, 0.2) is 15.7 Å². The van der Waals surface area contributed by atoms with Crippen LogP contribution in [-0.4, -0.2) is 28.5 Å². The van der Waals surface area contributed by atoms with Gasteiger partial charge < -0.3 is 4.57 Å². The third-order valence-electron chi connectivity index (χ3n) is 4.47. The Labute approximate surface area is 145 Å². The van der Waals surface area contributed by atoms with Gasteiger partial charge >= 0.3 is 5.69 Å². The molecule has 8 heteroatoms. The van der Waals surface area contributed by atoms with Crippen molar-refractivity contribution in [3.8, 4) is 5.95 Å². The molecule has 134 valence electrons. The zero-order valence-corrected chi connectivity index (χ0v) is 15.6. The first-order valence-corrected chi connectivity index (χ1v) is 8.42. The van der Waals surface area contributed by atoms with Gasteiger partial charge in [0, 0.05) is 26.3 Å². The monoisotopic (exact) mass is 344 g/mol. The second-order valence-electron chi connectivity index (χ2n) is 6.96. The molecule has 3 aromatic rings. The predicted octanol–water partition coefficient (Wildman–Crippen LogP) is 1.28. The Morgan fingerprint density at radius 2 is 1.80 bits per heavy atom. The van der Waals surface area contributed by atoms with Crippen LogP contribution in [0.25, 0.3) is 17.1 Å². The van der Waals surface area contributed by atoms with E-state index >= 15 is 0 Å². The number of imidazole rings is 1. The topological polar surface area (TPSA) is 79.6 Å². The van der Waals surface area contributed by atoms with Crippen LogP contribution in [0.1, 0.15) is 31.7 Å². The van der Waals surface area contributed by atoms with E-state index in [-0.39, 0.29) is 11.2 Å². The molecule has 0 bridgehead atoms. The van der Waals surface area contributed by atoms with E-state index in [4.69, 9.17) is 0 Å². The van der Waals surface area contributed by atoms with Crippen LogP contribution < -0.4 is 11.2 Å². The first kappa shape index (κ1) is 17.2. The molecule has 3 aromatic heterocycles. The fourth-order valence-corrected chi connectivity index (χ4v) is 3.04. The van der Waals surface area contributed by atoms with Crippen molar-refractivity contribution in [2.24, 2.45) is 20.0 Å². The summed E-state index contributed by atoms with van der Waals surface area (Å²) in [7, 11) is 3.42. The van der Waals surface area contributed by atoms with Crippen molar-refractivity contribution in [3.05, 3.63) is 38.3 Å². The van der Waals surface area contributed by atoms with Crippen LogP contribution in [0.5, 0.6) is 0 Å². The van der Waals surface area contributed by atoms with Gasteiger partial charge in [-0.25, -0.2) is 9.48 Å². The summed E-state index contributed by atoms with van der Waals surface area (Å²) in [6.07, 6.45) is 0.767. The van der Waals surface area contributed by atoms with Gasteiger partial charge in [-0.1, -0.05) is 13.8 Å². The van der Waals surface area contributed by atoms with Crippen LogP contribution in [-0.2, 0) is 20.6 Å². The number of hydrogen-bond donors (Lipinski definition) is 0. The third kappa shape index (κ3) is 2.71. The molecule has 0 N–H and O–H groups in total. The van der Waals surface area contributed by atoms with E-state index in [0.29, 0.717) is 29.6 Å². The molecule has 0 saturated carbocycles. The molecule has 0 spiro atoms. The Hall–Kier alpha value is -2.64. The normalized spacial score (nSPS) is 11.8. The summed E-state index contributed by atoms with van der Waals surface area (Å²) < 4.78 is 6.14. The van der Waals surface area contributed by atoms with Gasteiger partial charge in [-0.3, -0.25) is 13.9 Å². The standard InChI is InChI=1S/C17H24N6O2/c1-10(2)7-8-22-15(24)13-14(21(6)17(22)25)18-16(20(13)5)23-12(4)9-11(3)19-23/h9-10H,7-8H2,1-6H3. The van der Waals surface area contributed by atoms with E-state index in [0.717, 1.165) is 17.8 Å². The van der Waals surface area contributed by atoms with E-state index in [1.807, 2.05) is 19.9 Å². The Kier molecular flexibility index (Phi) is 4.14. The third-order valence-corrected chi connectivity index (χ3v) is 4.47. The SMILES string of the molecule is Cc1cc(C)n(-c2nc3c(c(=O)n(CCC(C)C)c(=O)n3C)n2C)n1. The molecule has 0 fully saturated rings. The van der Waals surface area contributed by atoms with Crippen molar-refractivity contribution in [2.75, 3.05) is 0 Å². The molecule has 0 radical (unpaired) electrons. The largest absolute Gasteiger partial charge is 0.332 e. The van der Waals surface area contributed by atoms with Crippen molar-refractivity contribution in [2.45, 2.75) is 40.7 Å². The maximum atomic E-state index is 12.9. The van der Waals surface area contributed by atoms with Gasteiger partial charge in [-0.15, -0.1) is 0 Å². The molecule has 0 aromatic carbocycles. The van der Waals surface area contributed by atoms with Gasteiger partial charge in [0.05, 0.1) is 5.69 Å². The first-order valence-electron chi connectivity index (χ1n) is 8.42. The number of aromatic nitrogens is 6. The molecule has 0 aliphatic heterocycles. The summed E-state index contributed by atoms with van der Waals surface area (Å²) in [5, 5.41) is 4.44. The summed E-state index contributed by atoms with van der Waals surface area (Å²) in [4.78, 5) is 30.1. The molecule has 0 aliphatic rings. The summed E-state index contributed by atoms with van der Waals surface area (Å²) in [5.41, 5.74) is 1.93. The molecule has 8 nitrogen and oxygen atoms in total. The highest BCUT2D eigenvalue weighted by molar-refractivity contribution is 5.72. The number of rotatable bonds is 4. The molecular weight excluding hydrogens is 320 g/mol. The minimum Gasteiger partial charge on any atom is -0.306 e. The van der Waals surface area contributed by atoms with Gasteiger partial charge in [-0.2, -0.15) is 10.1 Å². The van der Waals surface area contributed by atoms with E-state index in [2.05, 4.69) is 23.9 Å². The fraction of sp³-hybridized carbons (Fsp3) is 0.529. The van der Waals surface area contributed by atoms with Crippen LogP contribution in [0.3, 0.4) is 0 Å². The Morgan fingerprint density at radius 3 is 2.36 bits per heavy atom. The molecule has 3 rings (SSSR count). The maximum absolute atomic E-state index is 12.9. The Balaban J connectivity index is 2.30. The number of hydrogen-bond acceptors (Lipinski definition) is 4. The molecular formula is C17H24N6O2. The summed E-state index contributed by atoms with van der Waals surface area (Å²) in [6.45, 7) is 8.37. The van der Waals surface area contributed by atoms with E-state index in [9.17, 15) is 9.59 Å². The molecule has 0 amide bonds. The minimum absolute atomic E-state index is 0.304. The number of fused-ring (bicyclic) bond motifs is 1. The number of nitrogens with zero attached hydrogens (tertiary/aromatic N) is 6. The van der Waals surface area contributed by atoms with Crippen molar-refractivity contribution in [1.29, 1.82) is 0 Å². The van der Waals surface area contributed by atoms with Crippen molar-refractivity contribution >= 4 is 11.2 Å². The quantitative estimate of drug-likeness (QED) is 0.714. The first-order chi connectivity index (χ1) is 11.7. The highest BCUT2D eigenvalue weighted by Gasteiger charge is 2.20. The lowest BCUT2D eigenvalue weighted by Crippen LogP contribution is -2.39. The highest BCUT2D eigenvalue weighted by atomic mass is 16.2. The van der Waals surface area contributed by atoms with Gasteiger partial charge in [0.15, 0.2) is 11.2 Å². The molecule has 0 atom stereocenters. The van der Waals surface area contributed by atoms with Crippen molar-refractivity contribution in [3.63, 3.8) is 0 Å². The van der Waals surface area contributed by atoms with Crippen LogP contribution in [0.4, 0.5) is 0 Å². The van der Waals surface area contributed by atoms with E-state index < -0.39 is 0 Å². The lowest BCUT2D eigenvalue weighted by molar-refractivity contribution is 0.488. The second-order valence-corrected chi connectivity index (χ2v) is 6.96.